The van der Waals surface area contributed by atoms with Crippen LogP contribution in [0, 0.1) is 19.7 Å². The van der Waals surface area contributed by atoms with Gasteiger partial charge in [0.25, 0.3) is 0 Å². The van der Waals surface area contributed by atoms with Gasteiger partial charge in [0.1, 0.15) is 11.6 Å². The van der Waals surface area contributed by atoms with Gasteiger partial charge in [-0.15, -0.1) is 0 Å². The molecule has 1 fully saturated rings. The molecule has 0 unspecified atom stereocenters. The first-order valence-corrected chi connectivity index (χ1v) is 11.5. The zero-order valence-electron chi connectivity index (χ0n) is 17.7. The minimum absolute atomic E-state index is 0.0626. The maximum Gasteiger partial charge on any atom is 0.328 e. The Morgan fingerprint density at radius 1 is 1.03 bits per heavy atom. The summed E-state index contributed by atoms with van der Waals surface area (Å²) in [5.74, 6) is -2.13. The second-order valence-electron chi connectivity index (χ2n) is 7.79. The Labute approximate surface area is 181 Å². The first kappa shape index (κ1) is 22.9. The number of ketones is 1. The Morgan fingerprint density at radius 3 is 2.32 bits per heavy atom. The first-order valence-electron chi connectivity index (χ1n) is 9.98. The quantitative estimate of drug-likeness (QED) is 0.471. The maximum absolute atomic E-state index is 13.6. The monoisotopic (exact) mass is 448 g/mol. The lowest BCUT2D eigenvalue weighted by Gasteiger charge is -2.27. The molecule has 31 heavy (non-hydrogen) atoms. The van der Waals surface area contributed by atoms with E-state index in [2.05, 4.69) is 0 Å². The van der Waals surface area contributed by atoms with Gasteiger partial charge in [-0.25, -0.2) is 12.8 Å². The van der Waals surface area contributed by atoms with Gasteiger partial charge in [0, 0.05) is 0 Å². The second-order valence-corrected chi connectivity index (χ2v) is 10.1. The molecule has 0 aromatic heterocycles. The second kappa shape index (κ2) is 8.78. The molecule has 0 saturated heterocycles. The summed E-state index contributed by atoms with van der Waals surface area (Å²) < 4.78 is 49.0. The van der Waals surface area contributed by atoms with Crippen LogP contribution in [0.25, 0.3) is 0 Å². The first-order chi connectivity index (χ1) is 14.6. The van der Waals surface area contributed by atoms with E-state index in [0.29, 0.717) is 12.8 Å². The summed E-state index contributed by atoms with van der Waals surface area (Å²) in [7, 11) is -2.71. The number of benzene rings is 2. The van der Waals surface area contributed by atoms with E-state index in [0.717, 1.165) is 23.3 Å². The molecule has 2 aromatic rings. The number of ether oxygens (including phenoxy) is 2. The topological polar surface area (TPSA) is 86.7 Å². The molecule has 2 aromatic carbocycles. The van der Waals surface area contributed by atoms with Crippen LogP contribution in [0.4, 0.5) is 4.39 Å². The average Bonchev–Trinajstić information content (AvgIpc) is 3.25. The molecule has 3 rings (SSSR count). The van der Waals surface area contributed by atoms with Crippen LogP contribution in [0.1, 0.15) is 47.2 Å². The molecule has 0 aliphatic heterocycles. The average molecular weight is 449 g/mol. The number of methoxy groups -OCH3 is 1. The summed E-state index contributed by atoms with van der Waals surface area (Å²) in [6, 6.07) is 8.19. The number of Topliss-reactive ketones (excluding diaryl/α,β-unsaturated/α-hetero) is 1. The zero-order valence-corrected chi connectivity index (χ0v) is 18.6. The number of rotatable bonds is 7. The molecular weight excluding hydrogens is 423 g/mol. The smallest absolute Gasteiger partial charge is 0.328 e. The van der Waals surface area contributed by atoms with Gasteiger partial charge in [0.05, 0.1) is 17.6 Å². The molecule has 0 N–H and O–H groups in total. The number of hydrogen-bond donors (Lipinski definition) is 0. The summed E-state index contributed by atoms with van der Waals surface area (Å²) in [6.07, 6.45) is 1.37. The normalized spacial score (nSPS) is 15.5. The van der Waals surface area contributed by atoms with Gasteiger partial charge in [-0.05, 0) is 68.1 Å². The molecule has 8 heteroatoms. The third-order valence-electron chi connectivity index (χ3n) is 5.88. The molecule has 0 spiro atoms. The fourth-order valence-electron chi connectivity index (χ4n) is 3.87. The van der Waals surface area contributed by atoms with Crippen molar-refractivity contribution in [1.82, 2.24) is 0 Å². The van der Waals surface area contributed by atoms with Crippen molar-refractivity contribution in [3.8, 4) is 5.75 Å². The van der Waals surface area contributed by atoms with Crippen molar-refractivity contribution in [3.63, 3.8) is 0 Å². The molecule has 0 heterocycles. The molecule has 1 aliphatic rings. The number of esters is 1. The third kappa shape index (κ3) is 4.21. The Morgan fingerprint density at radius 2 is 1.71 bits per heavy atom. The predicted molar refractivity (Wildman–Crippen MR) is 113 cm³/mol. The molecule has 1 aliphatic carbocycles. The molecule has 166 valence electrons. The van der Waals surface area contributed by atoms with Crippen molar-refractivity contribution in [2.75, 3.05) is 13.7 Å². The summed E-state index contributed by atoms with van der Waals surface area (Å²) in [5, 5.41) is 0. The van der Waals surface area contributed by atoms with Gasteiger partial charge in [-0.3, -0.25) is 9.59 Å². The number of aryl methyl sites for hydroxylation is 2. The fraction of sp³-hybridized carbons (Fsp3) is 0.391. The molecular formula is C23H25FO6S. The summed E-state index contributed by atoms with van der Waals surface area (Å²) in [4.78, 5) is 25.6. The molecule has 0 atom stereocenters. The molecule has 6 nitrogen and oxygen atoms in total. The van der Waals surface area contributed by atoms with Gasteiger partial charge in [0.15, 0.2) is 21.2 Å². The van der Waals surface area contributed by atoms with Crippen molar-refractivity contribution in [2.24, 2.45) is 0 Å². The Bertz CT molecular complexity index is 1120. The lowest BCUT2D eigenvalue weighted by atomic mass is 10.1. The number of halogens is 1. The number of sulfone groups is 1. The predicted octanol–water partition coefficient (Wildman–Crippen LogP) is 3.96. The summed E-state index contributed by atoms with van der Waals surface area (Å²) >= 11 is 0. The third-order valence-corrected chi connectivity index (χ3v) is 8.36. The van der Waals surface area contributed by atoms with Crippen molar-refractivity contribution < 1.29 is 31.9 Å². The van der Waals surface area contributed by atoms with Crippen LogP contribution < -0.4 is 4.74 Å². The van der Waals surface area contributed by atoms with Crippen molar-refractivity contribution in [1.29, 1.82) is 0 Å². The van der Waals surface area contributed by atoms with Gasteiger partial charge in [-0.1, -0.05) is 18.9 Å². The van der Waals surface area contributed by atoms with E-state index < -0.39 is 38.8 Å². The number of hydrogen-bond acceptors (Lipinski definition) is 6. The van der Waals surface area contributed by atoms with E-state index >= 15 is 0 Å². The zero-order chi connectivity index (χ0) is 22.8. The van der Waals surface area contributed by atoms with E-state index in [9.17, 15) is 22.4 Å². The fourth-order valence-corrected chi connectivity index (χ4v) is 6.01. The Balaban J connectivity index is 1.86. The van der Waals surface area contributed by atoms with E-state index in [4.69, 9.17) is 9.47 Å². The minimum atomic E-state index is -4.04. The van der Waals surface area contributed by atoms with E-state index in [1.165, 1.54) is 19.2 Å². The van der Waals surface area contributed by atoms with Gasteiger partial charge < -0.3 is 9.47 Å². The SMILES string of the molecule is COc1ccc(F)cc1C(=O)COC(=O)C1(S(=O)(=O)c2ccc(C)c(C)c2)CCCC1. The molecule has 0 bridgehead atoms. The van der Waals surface area contributed by atoms with Crippen LogP contribution in [0.5, 0.6) is 5.75 Å². The molecule has 0 radical (unpaired) electrons. The Kier molecular flexibility index (Phi) is 6.50. The Hall–Kier alpha value is -2.74. The molecule has 1 saturated carbocycles. The number of carbonyl (C=O) groups excluding carboxylic acids is 2. The van der Waals surface area contributed by atoms with E-state index in [1.807, 2.05) is 6.92 Å². The summed E-state index contributed by atoms with van der Waals surface area (Å²) in [5.41, 5.74) is 1.67. The van der Waals surface area contributed by atoms with Crippen LogP contribution >= 0.6 is 0 Å². The lowest BCUT2D eigenvalue weighted by molar-refractivity contribution is -0.145. The van der Waals surface area contributed by atoms with Crippen LogP contribution in [-0.4, -0.2) is 38.6 Å². The highest BCUT2D eigenvalue weighted by Gasteiger charge is 2.54. The van der Waals surface area contributed by atoms with Crippen LogP contribution in [-0.2, 0) is 19.4 Å². The lowest BCUT2D eigenvalue weighted by Crippen LogP contribution is -2.45. The van der Waals surface area contributed by atoms with E-state index in [1.54, 1.807) is 19.1 Å². The highest BCUT2D eigenvalue weighted by molar-refractivity contribution is 7.93. The number of carbonyl (C=O) groups is 2. The van der Waals surface area contributed by atoms with Crippen molar-refractivity contribution >= 4 is 21.6 Å². The van der Waals surface area contributed by atoms with Crippen LogP contribution in [0.15, 0.2) is 41.3 Å². The van der Waals surface area contributed by atoms with Gasteiger partial charge in [-0.2, -0.15) is 0 Å². The van der Waals surface area contributed by atoms with Crippen LogP contribution in [0.2, 0.25) is 0 Å². The largest absolute Gasteiger partial charge is 0.496 e. The van der Waals surface area contributed by atoms with Crippen LogP contribution in [0.3, 0.4) is 0 Å². The van der Waals surface area contributed by atoms with Crippen molar-refractivity contribution in [2.45, 2.75) is 49.2 Å². The molecule has 0 amide bonds. The van der Waals surface area contributed by atoms with Crippen molar-refractivity contribution in [3.05, 3.63) is 58.9 Å². The standard InChI is InChI=1S/C23H25FO6S/c1-15-6-8-18(12-16(15)2)31(27,28)23(10-4-5-11-23)22(26)30-14-20(25)19-13-17(24)7-9-21(19)29-3/h6-9,12-13H,4-5,10-11,14H2,1-3H3. The maximum atomic E-state index is 13.6. The van der Waals surface area contributed by atoms with Gasteiger partial charge >= 0.3 is 5.97 Å². The highest BCUT2D eigenvalue weighted by atomic mass is 32.2. The highest BCUT2D eigenvalue weighted by Crippen LogP contribution is 2.42. The van der Waals surface area contributed by atoms with E-state index in [-0.39, 0.29) is 29.1 Å². The van der Waals surface area contributed by atoms with Gasteiger partial charge in [0.2, 0.25) is 5.78 Å². The summed E-state index contributed by atoms with van der Waals surface area (Å²) in [6.45, 7) is 2.97. The minimum Gasteiger partial charge on any atom is -0.496 e.